The van der Waals surface area contributed by atoms with Crippen LogP contribution in [0, 0.1) is 6.92 Å². The molecule has 0 aliphatic heterocycles. The first-order valence-corrected chi connectivity index (χ1v) is 7.40. The molecule has 126 valence electrons. The van der Waals surface area contributed by atoms with Gasteiger partial charge in [0.25, 0.3) is 0 Å². The molecule has 2 N–H and O–H groups in total. The van der Waals surface area contributed by atoms with Crippen molar-refractivity contribution in [1.29, 1.82) is 0 Å². The van der Waals surface area contributed by atoms with Crippen LogP contribution >= 0.6 is 0 Å². The largest absolute Gasteiger partial charge is 0.495 e. The molecular weight excluding hydrogens is 308 g/mol. The second-order valence-corrected chi connectivity index (χ2v) is 5.18. The van der Waals surface area contributed by atoms with E-state index in [2.05, 4.69) is 15.4 Å². The fourth-order valence-electron chi connectivity index (χ4n) is 2.17. The zero-order valence-electron chi connectivity index (χ0n) is 13.9. The summed E-state index contributed by atoms with van der Waals surface area (Å²) in [6.07, 6.45) is 0. The maximum atomic E-state index is 12.1. The number of hydrogen-bond donors (Lipinski definition) is 2. The molecule has 1 amide bonds. The Kier molecular flexibility index (Phi) is 5.78. The normalized spacial score (nSPS) is 9.96. The van der Waals surface area contributed by atoms with Crippen LogP contribution in [0.4, 0.5) is 11.4 Å². The van der Waals surface area contributed by atoms with Gasteiger partial charge in [-0.25, -0.2) is 4.79 Å². The number of nitrogens with one attached hydrogen (secondary N) is 2. The van der Waals surface area contributed by atoms with Crippen molar-refractivity contribution < 1.29 is 19.1 Å². The second-order valence-electron chi connectivity index (χ2n) is 5.18. The summed E-state index contributed by atoms with van der Waals surface area (Å²) in [4.78, 5) is 23.6. The molecule has 6 nitrogen and oxygen atoms in total. The minimum atomic E-state index is -0.424. The molecule has 0 bridgehead atoms. The van der Waals surface area contributed by atoms with Crippen molar-refractivity contribution in [3.05, 3.63) is 53.6 Å². The van der Waals surface area contributed by atoms with Crippen molar-refractivity contribution in [2.24, 2.45) is 0 Å². The van der Waals surface area contributed by atoms with Gasteiger partial charge in [-0.1, -0.05) is 12.1 Å². The Morgan fingerprint density at radius 2 is 1.88 bits per heavy atom. The highest BCUT2D eigenvalue weighted by atomic mass is 16.5. The highest BCUT2D eigenvalue weighted by molar-refractivity contribution is 5.95. The molecule has 6 heteroatoms. The molecule has 0 fully saturated rings. The predicted octanol–water partition coefficient (Wildman–Crippen LogP) is 2.84. The van der Waals surface area contributed by atoms with E-state index in [1.807, 2.05) is 19.1 Å². The number of carbonyl (C=O) groups is 2. The van der Waals surface area contributed by atoms with Gasteiger partial charge in [-0.05, 0) is 42.8 Å². The van der Waals surface area contributed by atoms with Gasteiger partial charge in [-0.2, -0.15) is 0 Å². The SMILES string of the molecule is COC(=O)c1cccc(NCC(=O)Nc2cc(C)ccc2OC)c1. The van der Waals surface area contributed by atoms with Crippen LogP contribution < -0.4 is 15.4 Å². The molecule has 0 aromatic heterocycles. The highest BCUT2D eigenvalue weighted by Crippen LogP contribution is 2.25. The van der Waals surface area contributed by atoms with E-state index in [4.69, 9.17) is 4.74 Å². The highest BCUT2D eigenvalue weighted by Gasteiger charge is 2.09. The van der Waals surface area contributed by atoms with E-state index in [1.165, 1.54) is 7.11 Å². The van der Waals surface area contributed by atoms with E-state index in [0.717, 1.165) is 5.56 Å². The lowest BCUT2D eigenvalue weighted by atomic mass is 10.2. The zero-order chi connectivity index (χ0) is 17.5. The Morgan fingerprint density at radius 1 is 1.08 bits per heavy atom. The third-order valence-electron chi connectivity index (χ3n) is 3.37. The average molecular weight is 328 g/mol. The van der Waals surface area contributed by atoms with Crippen molar-refractivity contribution in [2.45, 2.75) is 6.92 Å². The Bertz CT molecular complexity index is 744. The zero-order valence-corrected chi connectivity index (χ0v) is 13.9. The number of esters is 1. The number of hydrogen-bond acceptors (Lipinski definition) is 5. The lowest BCUT2D eigenvalue weighted by Crippen LogP contribution is -2.22. The van der Waals surface area contributed by atoms with E-state index in [1.54, 1.807) is 37.4 Å². The summed E-state index contributed by atoms with van der Waals surface area (Å²) in [6, 6.07) is 12.3. The second kappa shape index (κ2) is 8.01. The van der Waals surface area contributed by atoms with Crippen molar-refractivity contribution in [3.8, 4) is 5.75 Å². The maximum absolute atomic E-state index is 12.1. The number of anilines is 2. The van der Waals surface area contributed by atoms with Crippen LogP contribution in [0.2, 0.25) is 0 Å². The van der Waals surface area contributed by atoms with Gasteiger partial charge in [0, 0.05) is 5.69 Å². The molecule has 24 heavy (non-hydrogen) atoms. The number of methoxy groups -OCH3 is 2. The minimum Gasteiger partial charge on any atom is -0.495 e. The van der Waals surface area contributed by atoms with Gasteiger partial charge in [0.1, 0.15) is 5.75 Å². The fraction of sp³-hybridized carbons (Fsp3) is 0.222. The number of aryl methyl sites for hydroxylation is 1. The van der Waals surface area contributed by atoms with Gasteiger partial charge in [-0.3, -0.25) is 4.79 Å². The number of rotatable bonds is 6. The lowest BCUT2D eigenvalue weighted by molar-refractivity contribution is -0.114. The van der Waals surface area contributed by atoms with Crippen LogP contribution in [0.5, 0.6) is 5.75 Å². The van der Waals surface area contributed by atoms with E-state index in [-0.39, 0.29) is 12.5 Å². The first-order valence-electron chi connectivity index (χ1n) is 7.40. The molecular formula is C18H20N2O4. The summed E-state index contributed by atoms with van der Waals surface area (Å²) in [5, 5.41) is 5.78. The molecule has 2 rings (SSSR count). The molecule has 0 heterocycles. The molecule has 0 aliphatic rings. The van der Waals surface area contributed by atoms with Crippen LogP contribution in [0.1, 0.15) is 15.9 Å². The standard InChI is InChI=1S/C18H20N2O4/c1-12-7-8-16(23-2)15(9-12)20-17(21)11-19-14-6-4-5-13(10-14)18(22)24-3/h4-10,19H,11H2,1-3H3,(H,20,21). The smallest absolute Gasteiger partial charge is 0.337 e. The monoisotopic (exact) mass is 328 g/mol. The van der Waals surface area contributed by atoms with Gasteiger partial charge in [0.05, 0.1) is 32.0 Å². The minimum absolute atomic E-state index is 0.0573. The quantitative estimate of drug-likeness (QED) is 0.798. The van der Waals surface area contributed by atoms with Crippen LogP contribution in [-0.2, 0) is 9.53 Å². The first-order chi connectivity index (χ1) is 11.5. The molecule has 0 saturated heterocycles. The van der Waals surface area contributed by atoms with Crippen molar-refractivity contribution >= 4 is 23.3 Å². The third kappa shape index (κ3) is 4.49. The van der Waals surface area contributed by atoms with Crippen molar-refractivity contribution in [2.75, 3.05) is 31.4 Å². The van der Waals surface area contributed by atoms with Gasteiger partial charge in [0.2, 0.25) is 5.91 Å². The lowest BCUT2D eigenvalue weighted by Gasteiger charge is -2.12. The number of amides is 1. The van der Waals surface area contributed by atoms with Gasteiger partial charge in [-0.15, -0.1) is 0 Å². The molecule has 0 atom stereocenters. The van der Waals surface area contributed by atoms with Gasteiger partial charge >= 0.3 is 5.97 Å². The Hall–Kier alpha value is -3.02. The summed E-state index contributed by atoms with van der Waals surface area (Å²) in [7, 11) is 2.88. The predicted molar refractivity (Wildman–Crippen MR) is 92.6 cm³/mol. The number of ether oxygens (including phenoxy) is 2. The van der Waals surface area contributed by atoms with E-state index >= 15 is 0 Å². The van der Waals surface area contributed by atoms with E-state index in [0.29, 0.717) is 22.7 Å². The average Bonchev–Trinajstić information content (AvgIpc) is 2.59. The molecule has 2 aromatic rings. The van der Waals surface area contributed by atoms with Crippen molar-refractivity contribution in [1.82, 2.24) is 0 Å². The Morgan fingerprint density at radius 3 is 2.58 bits per heavy atom. The maximum Gasteiger partial charge on any atom is 0.337 e. The van der Waals surface area contributed by atoms with Gasteiger partial charge < -0.3 is 20.1 Å². The van der Waals surface area contributed by atoms with Crippen LogP contribution in [0.15, 0.2) is 42.5 Å². The molecule has 0 saturated carbocycles. The Labute approximate surface area is 140 Å². The third-order valence-corrected chi connectivity index (χ3v) is 3.37. The molecule has 2 aromatic carbocycles. The number of carbonyl (C=O) groups excluding carboxylic acids is 2. The molecule has 0 radical (unpaired) electrons. The number of benzene rings is 2. The summed E-state index contributed by atoms with van der Waals surface area (Å²) < 4.78 is 9.90. The first kappa shape index (κ1) is 17.3. The van der Waals surface area contributed by atoms with Gasteiger partial charge in [0.15, 0.2) is 0 Å². The topological polar surface area (TPSA) is 76.7 Å². The van der Waals surface area contributed by atoms with Crippen LogP contribution in [0.3, 0.4) is 0 Å². The summed E-state index contributed by atoms with van der Waals surface area (Å²) in [5.74, 6) is -0.0448. The molecule has 0 spiro atoms. The molecule has 0 unspecified atom stereocenters. The summed E-state index contributed by atoms with van der Waals surface area (Å²) >= 11 is 0. The van der Waals surface area contributed by atoms with Crippen molar-refractivity contribution in [3.63, 3.8) is 0 Å². The van der Waals surface area contributed by atoms with Crippen LogP contribution in [-0.4, -0.2) is 32.6 Å². The van der Waals surface area contributed by atoms with E-state index < -0.39 is 5.97 Å². The fourth-order valence-corrected chi connectivity index (χ4v) is 2.17. The Balaban J connectivity index is 1.99. The van der Waals surface area contributed by atoms with Crippen LogP contribution in [0.25, 0.3) is 0 Å². The summed E-state index contributed by atoms with van der Waals surface area (Å²) in [5.41, 5.74) is 2.71. The summed E-state index contributed by atoms with van der Waals surface area (Å²) in [6.45, 7) is 1.99. The van der Waals surface area contributed by atoms with E-state index in [9.17, 15) is 9.59 Å². The molecule has 0 aliphatic carbocycles.